The molecular formula is C23H25NO6S. The summed E-state index contributed by atoms with van der Waals surface area (Å²) in [5.74, 6) is -0.0571. The van der Waals surface area contributed by atoms with Crippen molar-refractivity contribution >= 4 is 23.1 Å². The lowest BCUT2D eigenvalue weighted by molar-refractivity contribution is 0.0470. The van der Waals surface area contributed by atoms with Gasteiger partial charge in [0.2, 0.25) is 11.5 Å². The van der Waals surface area contributed by atoms with Crippen LogP contribution >= 0.6 is 11.3 Å². The zero-order chi connectivity index (χ0) is 22.5. The van der Waals surface area contributed by atoms with Crippen molar-refractivity contribution in [3.05, 3.63) is 63.1 Å². The first kappa shape index (κ1) is 22.4. The van der Waals surface area contributed by atoms with Crippen LogP contribution in [0.4, 0.5) is 0 Å². The fourth-order valence-electron chi connectivity index (χ4n) is 3.43. The zero-order valence-corrected chi connectivity index (χ0v) is 19.0. The molecule has 3 aromatic rings. The molecule has 0 saturated heterocycles. The van der Waals surface area contributed by atoms with E-state index in [1.807, 2.05) is 31.4 Å². The third kappa shape index (κ3) is 4.59. The zero-order valence-electron chi connectivity index (χ0n) is 18.2. The molecule has 0 fully saturated rings. The number of ketones is 1. The van der Waals surface area contributed by atoms with Gasteiger partial charge in [0.05, 0.1) is 27.9 Å². The van der Waals surface area contributed by atoms with Crippen molar-refractivity contribution in [1.29, 1.82) is 0 Å². The number of carbonyl (C=O) groups is 2. The van der Waals surface area contributed by atoms with Crippen LogP contribution in [0.2, 0.25) is 0 Å². The molecule has 0 bridgehead atoms. The van der Waals surface area contributed by atoms with Crippen LogP contribution in [-0.2, 0) is 11.3 Å². The molecule has 0 aliphatic carbocycles. The van der Waals surface area contributed by atoms with Gasteiger partial charge in [-0.25, -0.2) is 4.79 Å². The fraction of sp³-hybridized carbons (Fsp3) is 0.304. The summed E-state index contributed by atoms with van der Waals surface area (Å²) in [4.78, 5) is 26.6. The van der Waals surface area contributed by atoms with Crippen molar-refractivity contribution in [2.45, 2.75) is 20.4 Å². The highest BCUT2D eigenvalue weighted by Crippen LogP contribution is 2.40. The molecule has 0 N–H and O–H groups in total. The van der Waals surface area contributed by atoms with E-state index in [1.54, 1.807) is 17.4 Å². The number of benzene rings is 1. The van der Waals surface area contributed by atoms with E-state index in [9.17, 15) is 9.59 Å². The molecule has 7 nitrogen and oxygen atoms in total. The van der Waals surface area contributed by atoms with Crippen LogP contribution in [0.25, 0.3) is 0 Å². The summed E-state index contributed by atoms with van der Waals surface area (Å²) in [6.07, 6.45) is 0. The molecule has 0 radical (unpaired) electrons. The van der Waals surface area contributed by atoms with Crippen LogP contribution in [0.3, 0.4) is 0 Å². The first-order valence-electron chi connectivity index (χ1n) is 9.59. The molecule has 31 heavy (non-hydrogen) atoms. The van der Waals surface area contributed by atoms with E-state index in [0.717, 1.165) is 11.4 Å². The number of esters is 1. The normalized spacial score (nSPS) is 10.6. The molecule has 8 heteroatoms. The number of aryl methyl sites for hydroxylation is 1. The molecule has 0 spiro atoms. The van der Waals surface area contributed by atoms with Gasteiger partial charge in [0, 0.05) is 21.8 Å². The van der Waals surface area contributed by atoms with Gasteiger partial charge in [0.25, 0.3) is 0 Å². The van der Waals surface area contributed by atoms with Crippen LogP contribution in [0.1, 0.15) is 37.0 Å². The maximum Gasteiger partial charge on any atom is 0.342 e. The Balaban J connectivity index is 1.75. The number of rotatable bonds is 9. The minimum atomic E-state index is -0.682. The first-order chi connectivity index (χ1) is 14.9. The Hall–Kier alpha value is -3.26. The van der Waals surface area contributed by atoms with Gasteiger partial charge in [-0.2, -0.15) is 0 Å². The second-order valence-corrected chi connectivity index (χ2v) is 7.86. The second-order valence-electron chi connectivity index (χ2n) is 6.83. The monoisotopic (exact) mass is 443 g/mol. The van der Waals surface area contributed by atoms with Gasteiger partial charge in [-0.05, 0) is 43.5 Å². The minimum Gasteiger partial charge on any atom is -0.493 e. The van der Waals surface area contributed by atoms with E-state index in [2.05, 4.69) is 10.6 Å². The molecule has 0 saturated carbocycles. The van der Waals surface area contributed by atoms with Crippen molar-refractivity contribution in [3.63, 3.8) is 0 Å². The van der Waals surface area contributed by atoms with Gasteiger partial charge in [0.15, 0.2) is 18.1 Å². The predicted octanol–water partition coefficient (Wildman–Crippen LogP) is 4.28. The smallest absolute Gasteiger partial charge is 0.342 e. The largest absolute Gasteiger partial charge is 0.493 e. The third-order valence-corrected chi connectivity index (χ3v) is 5.89. The summed E-state index contributed by atoms with van der Waals surface area (Å²) < 4.78 is 23.2. The number of nitrogens with zero attached hydrogens (tertiary/aromatic N) is 1. The lowest BCUT2D eigenvalue weighted by Gasteiger charge is -2.15. The van der Waals surface area contributed by atoms with Crippen LogP contribution in [-0.4, -0.2) is 44.3 Å². The number of ether oxygens (including phenoxy) is 4. The van der Waals surface area contributed by atoms with Gasteiger partial charge >= 0.3 is 5.97 Å². The molecule has 1 aromatic carbocycles. The fourth-order valence-corrected chi connectivity index (χ4v) is 4.13. The number of hydrogen-bond donors (Lipinski definition) is 0. The van der Waals surface area contributed by atoms with E-state index in [4.69, 9.17) is 18.9 Å². The van der Waals surface area contributed by atoms with E-state index < -0.39 is 5.97 Å². The minimum absolute atomic E-state index is 0.149. The molecule has 0 aliphatic rings. The maximum absolute atomic E-state index is 12.8. The molecule has 3 rings (SSSR count). The Morgan fingerprint density at radius 3 is 2.32 bits per heavy atom. The summed E-state index contributed by atoms with van der Waals surface area (Å²) in [6.45, 7) is 4.18. The maximum atomic E-state index is 12.8. The van der Waals surface area contributed by atoms with Gasteiger partial charge in [-0.1, -0.05) is 6.07 Å². The molecular weight excluding hydrogens is 418 g/mol. The van der Waals surface area contributed by atoms with Gasteiger partial charge in [-0.15, -0.1) is 11.3 Å². The highest BCUT2D eigenvalue weighted by atomic mass is 32.1. The van der Waals surface area contributed by atoms with E-state index in [0.29, 0.717) is 17.9 Å². The molecule has 0 aliphatic heterocycles. The quantitative estimate of drug-likeness (QED) is 0.363. The van der Waals surface area contributed by atoms with Gasteiger partial charge < -0.3 is 23.5 Å². The van der Waals surface area contributed by atoms with Gasteiger partial charge in [0.1, 0.15) is 5.56 Å². The first-order valence-corrected chi connectivity index (χ1v) is 10.5. The molecule has 164 valence electrons. The van der Waals surface area contributed by atoms with Crippen molar-refractivity contribution in [1.82, 2.24) is 4.57 Å². The number of aromatic nitrogens is 1. The van der Waals surface area contributed by atoms with Crippen LogP contribution in [0.15, 0.2) is 35.7 Å². The molecule has 2 heterocycles. The highest BCUT2D eigenvalue weighted by Gasteiger charge is 2.23. The SMILES string of the molecule is COc1ccc(C(=O)OCC(=O)c2cc(C)n(Cc3cccs3)c2C)c(OC)c1OC. The number of carbonyl (C=O) groups excluding carboxylic acids is 2. The lowest BCUT2D eigenvalue weighted by atomic mass is 10.1. The Bertz CT molecular complexity index is 1080. The molecule has 0 unspecified atom stereocenters. The van der Waals surface area contributed by atoms with Crippen LogP contribution in [0, 0.1) is 13.8 Å². The number of thiophene rings is 1. The standard InChI is InChI=1S/C23H25NO6S/c1-14-11-18(15(2)24(14)12-16-7-6-10-31-16)19(25)13-30-23(26)17-8-9-20(27-3)22(29-5)21(17)28-4/h6-11H,12-13H2,1-5H3. The van der Waals surface area contributed by atoms with E-state index in [-0.39, 0.29) is 29.5 Å². The number of Topliss-reactive ketones (excluding diaryl/α,β-unsaturated/α-hetero) is 1. The average Bonchev–Trinajstić information content (AvgIpc) is 3.39. The predicted molar refractivity (Wildman–Crippen MR) is 118 cm³/mol. The van der Waals surface area contributed by atoms with E-state index >= 15 is 0 Å². The lowest BCUT2D eigenvalue weighted by Crippen LogP contribution is -2.16. The van der Waals surface area contributed by atoms with Crippen LogP contribution < -0.4 is 14.2 Å². The molecule has 0 atom stereocenters. The molecule has 2 aromatic heterocycles. The summed E-state index contributed by atoms with van der Waals surface area (Å²) in [5, 5.41) is 2.03. The van der Waals surface area contributed by atoms with Crippen molar-refractivity contribution in [3.8, 4) is 17.2 Å². The molecule has 0 amide bonds. The number of hydrogen-bond acceptors (Lipinski definition) is 7. The highest BCUT2D eigenvalue weighted by molar-refractivity contribution is 7.09. The summed E-state index contributed by atoms with van der Waals surface area (Å²) in [6, 6.07) is 8.99. The Kier molecular flexibility index (Phi) is 7.02. The summed E-state index contributed by atoms with van der Waals surface area (Å²) >= 11 is 1.67. The van der Waals surface area contributed by atoms with Crippen LogP contribution in [0.5, 0.6) is 17.2 Å². The van der Waals surface area contributed by atoms with Crippen molar-refractivity contribution in [2.75, 3.05) is 27.9 Å². The van der Waals surface area contributed by atoms with E-state index in [1.165, 1.54) is 32.3 Å². The Labute approximate surface area is 185 Å². The Morgan fingerprint density at radius 2 is 1.71 bits per heavy atom. The van der Waals surface area contributed by atoms with Crippen molar-refractivity contribution < 1.29 is 28.5 Å². The summed E-state index contributed by atoms with van der Waals surface area (Å²) in [7, 11) is 4.36. The topological polar surface area (TPSA) is 76.0 Å². The second kappa shape index (κ2) is 9.70. The number of methoxy groups -OCH3 is 3. The third-order valence-electron chi connectivity index (χ3n) is 5.03. The van der Waals surface area contributed by atoms with Crippen molar-refractivity contribution in [2.24, 2.45) is 0 Å². The van der Waals surface area contributed by atoms with Gasteiger partial charge in [-0.3, -0.25) is 4.79 Å². The summed E-state index contributed by atoms with van der Waals surface area (Å²) in [5.41, 5.74) is 2.51. The average molecular weight is 444 g/mol. The Morgan fingerprint density at radius 1 is 0.968 bits per heavy atom.